The minimum atomic E-state index is 0.0790. The molecule has 7 heteroatoms. The summed E-state index contributed by atoms with van der Waals surface area (Å²) in [4.78, 5) is 14.7. The molecule has 3 unspecified atom stereocenters. The van der Waals surface area contributed by atoms with E-state index in [1.54, 1.807) is 6.20 Å². The molecule has 0 N–H and O–H groups in total. The second kappa shape index (κ2) is 6.05. The van der Waals surface area contributed by atoms with Gasteiger partial charge in [0, 0.05) is 24.7 Å². The molecule has 4 rings (SSSR count). The van der Waals surface area contributed by atoms with E-state index in [1.165, 1.54) is 6.33 Å². The summed E-state index contributed by atoms with van der Waals surface area (Å²) in [7, 11) is 6.10. The zero-order valence-electron chi connectivity index (χ0n) is 13.8. The van der Waals surface area contributed by atoms with Gasteiger partial charge < -0.3 is 14.3 Å². The van der Waals surface area contributed by atoms with Crippen LogP contribution in [0.15, 0.2) is 24.7 Å². The number of hydrogen-bond donors (Lipinski definition) is 0. The summed E-state index contributed by atoms with van der Waals surface area (Å²) in [5, 5.41) is 0. The molecule has 24 heavy (non-hydrogen) atoms. The maximum absolute atomic E-state index is 6.15. The van der Waals surface area contributed by atoms with Gasteiger partial charge in [0.1, 0.15) is 12.4 Å². The lowest BCUT2D eigenvalue weighted by atomic mass is 9.98. The van der Waals surface area contributed by atoms with Gasteiger partial charge in [0.2, 0.25) is 11.8 Å². The van der Waals surface area contributed by atoms with Gasteiger partial charge in [0.05, 0.1) is 11.3 Å². The Morgan fingerprint density at radius 3 is 2.71 bits per heavy atom. The van der Waals surface area contributed by atoms with Crippen LogP contribution in [0.2, 0.25) is 0 Å². The molecule has 2 saturated heterocycles. The Morgan fingerprint density at radius 1 is 1.17 bits per heavy atom. The van der Waals surface area contributed by atoms with Crippen LogP contribution in [0.3, 0.4) is 0 Å². The van der Waals surface area contributed by atoms with Crippen LogP contribution in [0.25, 0.3) is 0 Å². The molecule has 2 aliphatic rings. The van der Waals surface area contributed by atoms with E-state index in [-0.39, 0.29) is 12.1 Å². The van der Waals surface area contributed by atoms with E-state index >= 15 is 0 Å². The van der Waals surface area contributed by atoms with E-state index in [2.05, 4.69) is 15.0 Å². The predicted octanol–water partition coefficient (Wildman–Crippen LogP) is 2.35. The Kier molecular flexibility index (Phi) is 3.88. The van der Waals surface area contributed by atoms with Gasteiger partial charge in [-0.2, -0.15) is 0 Å². The first-order chi connectivity index (χ1) is 11.6. The fourth-order valence-corrected chi connectivity index (χ4v) is 3.57. The minimum absolute atomic E-state index is 0.0790. The van der Waals surface area contributed by atoms with Gasteiger partial charge in [-0.05, 0) is 38.8 Å². The van der Waals surface area contributed by atoms with Gasteiger partial charge in [0.25, 0.3) is 0 Å². The smallest absolute Gasteiger partial charge is 0.229 e. The molecule has 4 heterocycles. The monoisotopic (exact) mass is 322 g/mol. The summed E-state index contributed by atoms with van der Waals surface area (Å²) >= 11 is 0. The van der Waals surface area contributed by atoms with Crippen molar-refractivity contribution in [2.45, 2.75) is 51.3 Å². The highest BCUT2D eigenvalue weighted by atomic mass is 16.5. The number of ether oxygens (including phenoxy) is 2. The molecule has 2 radical (unpaired) electrons. The first kappa shape index (κ1) is 15.4. The van der Waals surface area contributed by atoms with Crippen molar-refractivity contribution in [3.05, 3.63) is 35.9 Å². The molecular formula is C17H19BN4O2. The molecule has 3 atom stereocenters. The average Bonchev–Trinajstić information content (AvgIpc) is 3.08. The van der Waals surface area contributed by atoms with Crippen molar-refractivity contribution in [3.63, 3.8) is 0 Å². The Balaban J connectivity index is 1.54. The van der Waals surface area contributed by atoms with Gasteiger partial charge in [-0.25, -0.2) is 9.97 Å². The van der Waals surface area contributed by atoms with Gasteiger partial charge in [-0.3, -0.25) is 4.98 Å². The summed E-state index contributed by atoms with van der Waals surface area (Å²) in [5.41, 5.74) is 1.59. The SMILES string of the molecule is [B]N1C2CCC1C(Oc1ncnc(Oc3cccnc3C)c1C)C2. The van der Waals surface area contributed by atoms with Crippen molar-refractivity contribution in [1.29, 1.82) is 0 Å². The first-order valence-corrected chi connectivity index (χ1v) is 8.24. The number of fused-ring (bicyclic) bond motifs is 2. The van der Waals surface area contributed by atoms with E-state index < -0.39 is 0 Å². The van der Waals surface area contributed by atoms with Crippen LogP contribution in [-0.2, 0) is 0 Å². The molecule has 2 fully saturated rings. The predicted molar refractivity (Wildman–Crippen MR) is 89.3 cm³/mol. The number of rotatable bonds is 4. The van der Waals surface area contributed by atoms with Crippen molar-refractivity contribution < 1.29 is 9.47 Å². The fourth-order valence-electron chi connectivity index (χ4n) is 3.57. The Morgan fingerprint density at radius 2 is 2.00 bits per heavy atom. The number of aryl methyl sites for hydroxylation is 1. The lowest BCUT2D eigenvalue weighted by Gasteiger charge is -2.23. The Hall–Kier alpha value is -2.15. The molecule has 2 aromatic rings. The minimum Gasteiger partial charge on any atom is -0.472 e. The highest BCUT2D eigenvalue weighted by Crippen LogP contribution is 2.39. The topological polar surface area (TPSA) is 60.4 Å². The largest absolute Gasteiger partial charge is 0.472 e. The quantitative estimate of drug-likeness (QED) is 0.805. The fraction of sp³-hybridized carbons (Fsp3) is 0.471. The van der Waals surface area contributed by atoms with Gasteiger partial charge in [0.15, 0.2) is 13.7 Å². The van der Waals surface area contributed by atoms with Crippen LogP contribution >= 0.6 is 0 Å². The molecule has 2 aliphatic heterocycles. The summed E-state index contributed by atoms with van der Waals surface area (Å²) in [5.74, 6) is 1.73. The maximum atomic E-state index is 6.15. The molecule has 2 bridgehead atoms. The number of hydrogen-bond acceptors (Lipinski definition) is 6. The number of nitrogens with zero attached hydrogens (tertiary/aromatic N) is 4. The van der Waals surface area contributed by atoms with Crippen molar-refractivity contribution in [1.82, 2.24) is 19.8 Å². The van der Waals surface area contributed by atoms with Crippen LogP contribution in [0.1, 0.15) is 30.5 Å². The number of pyridine rings is 1. The van der Waals surface area contributed by atoms with Crippen molar-refractivity contribution in [3.8, 4) is 17.5 Å². The third kappa shape index (κ3) is 2.63. The summed E-state index contributed by atoms with van der Waals surface area (Å²) in [6, 6.07) is 4.40. The molecule has 0 amide bonds. The summed E-state index contributed by atoms with van der Waals surface area (Å²) in [6.45, 7) is 3.80. The maximum Gasteiger partial charge on any atom is 0.229 e. The van der Waals surface area contributed by atoms with E-state index in [4.69, 9.17) is 17.5 Å². The molecule has 0 saturated carbocycles. The normalized spacial score (nSPS) is 25.8. The third-order valence-electron chi connectivity index (χ3n) is 4.95. The summed E-state index contributed by atoms with van der Waals surface area (Å²) in [6.07, 6.45) is 6.46. The standard InChI is InChI=1S/C17H19BN4O2/c1-10-16(23-14-4-3-7-19-11(14)2)20-9-21-17(10)24-15-8-12-5-6-13(15)22(12)18/h3-4,7,9,12-13,15H,5-6,8H2,1-2H3. The molecular weight excluding hydrogens is 303 g/mol. The van der Waals surface area contributed by atoms with Crippen LogP contribution in [-0.4, -0.2) is 45.9 Å². The molecule has 2 aromatic heterocycles. The summed E-state index contributed by atoms with van der Waals surface area (Å²) < 4.78 is 12.1. The zero-order chi connectivity index (χ0) is 16.7. The highest BCUT2D eigenvalue weighted by molar-refractivity contribution is 6.05. The van der Waals surface area contributed by atoms with Gasteiger partial charge in [-0.1, -0.05) is 0 Å². The van der Waals surface area contributed by atoms with Crippen LogP contribution in [0.4, 0.5) is 0 Å². The van der Waals surface area contributed by atoms with Crippen molar-refractivity contribution in [2.24, 2.45) is 0 Å². The molecule has 0 aromatic carbocycles. The van der Waals surface area contributed by atoms with Crippen LogP contribution in [0.5, 0.6) is 17.5 Å². The van der Waals surface area contributed by atoms with Gasteiger partial charge >= 0.3 is 0 Å². The first-order valence-electron chi connectivity index (χ1n) is 8.24. The van der Waals surface area contributed by atoms with Crippen LogP contribution < -0.4 is 9.47 Å². The highest BCUT2D eigenvalue weighted by Gasteiger charge is 2.45. The second-order valence-corrected chi connectivity index (χ2v) is 6.44. The van der Waals surface area contributed by atoms with E-state index in [9.17, 15) is 0 Å². The van der Waals surface area contributed by atoms with Crippen molar-refractivity contribution >= 4 is 7.98 Å². The van der Waals surface area contributed by atoms with Gasteiger partial charge in [-0.15, -0.1) is 0 Å². The lowest BCUT2D eigenvalue weighted by molar-refractivity contribution is 0.154. The Labute approximate surface area is 142 Å². The van der Waals surface area contributed by atoms with E-state index in [0.29, 0.717) is 23.6 Å². The molecule has 6 nitrogen and oxygen atoms in total. The number of aromatic nitrogens is 3. The average molecular weight is 322 g/mol. The van der Waals surface area contributed by atoms with Crippen molar-refractivity contribution in [2.75, 3.05) is 0 Å². The van der Waals surface area contributed by atoms with Crippen LogP contribution in [0, 0.1) is 13.8 Å². The van der Waals surface area contributed by atoms with E-state index in [1.807, 2.05) is 30.8 Å². The zero-order valence-corrected chi connectivity index (χ0v) is 13.8. The Bertz CT molecular complexity index is 757. The second-order valence-electron chi connectivity index (χ2n) is 6.44. The third-order valence-corrected chi connectivity index (χ3v) is 4.95. The lowest BCUT2D eigenvalue weighted by Crippen LogP contribution is -2.33. The molecule has 0 spiro atoms. The van der Waals surface area contributed by atoms with E-state index in [0.717, 1.165) is 30.5 Å². The molecule has 122 valence electrons. The molecule has 0 aliphatic carbocycles.